The first kappa shape index (κ1) is 18.3. The zero-order valence-electron chi connectivity index (χ0n) is 15.9. The Kier molecular flexibility index (Phi) is 4.68. The molecule has 0 spiro atoms. The predicted octanol–water partition coefficient (Wildman–Crippen LogP) is 4.42. The van der Waals surface area contributed by atoms with Crippen molar-refractivity contribution in [2.45, 2.75) is 19.0 Å². The van der Waals surface area contributed by atoms with Gasteiger partial charge >= 0.3 is 5.97 Å². The van der Waals surface area contributed by atoms with Gasteiger partial charge in [-0.1, -0.05) is 23.9 Å². The fourth-order valence-corrected chi connectivity index (χ4v) is 3.84. The van der Waals surface area contributed by atoms with Crippen molar-refractivity contribution in [2.75, 3.05) is 5.75 Å². The molecule has 0 aliphatic heterocycles. The highest BCUT2D eigenvalue weighted by Gasteiger charge is 2.11. The number of aromatic nitrogens is 4. The molecule has 4 rings (SSSR count). The van der Waals surface area contributed by atoms with Gasteiger partial charge in [0.25, 0.3) is 0 Å². The van der Waals surface area contributed by atoms with E-state index in [0.29, 0.717) is 11.0 Å². The van der Waals surface area contributed by atoms with E-state index in [1.807, 2.05) is 6.07 Å². The molecule has 0 aliphatic rings. The molecule has 2 N–H and O–H groups in total. The molecule has 0 aliphatic carbocycles. The van der Waals surface area contributed by atoms with Crippen LogP contribution in [-0.4, -0.2) is 36.6 Å². The zero-order chi connectivity index (χ0) is 19.8. The average Bonchev–Trinajstić information content (AvgIpc) is 3.24. The summed E-state index contributed by atoms with van der Waals surface area (Å²) in [7, 11) is 2.08. The Hall–Kier alpha value is -3.06. The number of aryl methyl sites for hydroxylation is 3. The third kappa shape index (κ3) is 3.53. The van der Waals surface area contributed by atoms with E-state index in [4.69, 9.17) is 5.11 Å². The predicted molar refractivity (Wildman–Crippen MR) is 112 cm³/mol. The van der Waals surface area contributed by atoms with E-state index in [0.717, 1.165) is 34.0 Å². The average molecular weight is 392 g/mol. The quantitative estimate of drug-likeness (QED) is 0.491. The largest absolute Gasteiger partial charge is 0.481 e. The Bertz CT molecular complexity index is 1190. The number of carboxylic acids is 1. The van der Waals surface area contributed by atoms with Crippen LogP contribution in [-0.2, 0) is 11.8 Å². The molecule has 0 atom stereocenters. The fraction of sp³-hybridized carbons (Fsp3) is 0.190. The molecule has 0 saturated carbocycles. The number of nitrogens with zero attached hydrogens (tertiary/aromatic N) is 3. The summed E-state index contributed by atoms with van der Waals surface area (Å²) in [5, 5.41) is 17.5. The minimum Gasteiger partial charge on any atom is -0.481 e. The number of aliphatic carboxylic acids is 1. The van der Waals surface area contributed by atoms with Crippen LogP contribution in [0.4, 0.5) is 0 Å². The van der Waals surface area contributed by atoms with Crippen molar-refractivity contribution in [1.29, 1.82) is 0 Å². The number of carboxylic acid groups (broad SMARTS) is 1. The van der Waals surface area contributed by atoms with Gasteiger partial charge < -0.3 is 9.67 Å². The van der Waals surface area contributed by atoms with Crippen LogP contribution in [0.25, 0.3) is 33.4 Å². The summed E-state index contributed by atoms with van der Waals surface area (Å²) < 4.78 is 2.19. The Morgan fingerprint density at radius 3 is 2.68 bits per heavy atom. The lowest BCUT2D eigenvalue weighted by Crippen LogP contribution is -1.97. The molecule has 2 aromatic heterocycles. The van der Waals surface area contributed by atoms with Crippen LogP contribution in [0.2, 0.25) is 0 Å². The summed E-state index contributed by atoms with van der Waals surface area (Å²) in [6, 6.07) is 14.9. The van der Waals surface area contributed by atoms with Crippen LogP contribution < -0.4 is 0 Å². The lowest BCUT2D eigenvalue weighted by Gasteiger charge is -2.07. The van der Waals surface area contributed by atoms with Gasteiger partial charge in [-0.25, -0.2) is 4.98 Å². The van der Waals surface area contributed by atoms with Gasteiger partial charge in [0.15, 0.2) is 5.82 Å². The van der Waals surface area contributed by atoms with Gasteiger partial charge in [-0.05, 0) is 60.9 Å². The molecule has 0 amide bonds. The standard InChI is InChI=1S/C21H20N4O2S/c1-12-6-15(14-4-5-18-16(9-14)8-13(2)25(18)3)10-17(7-12)20-22-21(24-23-20)28-11-19(26)27/h4-10H,11H2,1-3H3,(H,26,27)(H,22,23,24). The molecular formula is C21H20N4O2S. The lowest BCUT2D eigenvalue weighted by atomic mass is 9.99. The van der Waals surface area contributed by atoms with Crippen molar-refractivity contribution < 1.29 is 9.90 Å². The van der Waals surface area contributed by atoms with E-state index in [-0.39, 0.29) is 5.75 Å². The molecule has 142 valence electrons. The zero-order valence-corrected chi connectivity index (χ0v) is 16.7. The van der Waals surface area contributed by atoms with Gasteiger partial charge in [0, 0.05) is 29.2 Å². The number of hydrogen-bond acceptors (Lipinski definition) is 4. The molecule has 2 heterocycles. The van der Waals surface area contributed by atoms with E-state index in [2.05, 4.69) is 77.0 Å². The Balaban J connectivity index is 1.70. The van der Waals surface area contributed by atoms with Crippen molar-refractivity contribution in [2.24, 2.45) is 7.05 Å². The van der Waals surface area contributed by atoms with Crippen LogP contribution in [0.15, 0.2) is 47.6 Å². The van der Waals surface area contributed by atoms with E-state index >= 15 is 0 Å². The van der Waals surface area contributed by atoms with E-state index in [9.17, 15) is 4.79 Å². The van der Waals surface area contributed by atoms with Crippen LogP contribution >= 0.6 is 11.8 Å². The van der Waals surface area contributed by atoms with Crippen molar-refractivity contribution in [3.8, 4) is 22.5 Å². The summed E-state index contributed by atoms with van der Waals surface area (Å²) in [5.41, 5.74) is 6.73. The van der Waals surface area contributed by atoms with Gasteiger partial charge in [-0.15, -0.1) is 5.10 Å². The number of carbonyl (C=O) groups is 1. The first-order valence-electron chi connectivity index (χ1n) is 8.86. The van der Waals surface area contributed by atoms with E-state index in [1.165, 1.54) is 16.6 Å². The monoisotopic (exact) mass is 392 g/mol. The SMILES string of the molecule is Cc1cc(-c2ccc3c(c2)cc(C)n3C)cc(-c2nc(SCC(=O)O)n[nH]2)c1. The summed E-state index contributed by atoms with van der Waals surface area (Å²) in [5.74, 6) is -0.317. The number of hydrogen-bond donors (Lipinski definition) is 2. The minimum absolute atomic E-state index is 0.0626. The smallest absolute Gasteiger partial charge is 0.313 e. The van der Waals surface area contributed by atoms with Crippen LogP contribution in [0.3, 0.4) is 0 Å². The second-order valence-corrected chi connectivity index (χ2v) is 7.80. The number of fused-ring (bicyclic) bond motifs is 1. The summed E-state index contributed by atoms with van der Waals surface area (Å²) in [4.78, 5) is 15.1. The molecule has 0 radical (unpaired) electrons. The maximum absolute atomic E-state index is 10.7. The topological polar surface area (TPSA) is 83.8 Å². The highest BCUT2D eigenvalue weighted by Crippen LogP contribution is 2.30. The molecule has 0 saturated heterocycles. The molecule has 0 unspecified atom stereocenters. The van der Waals surface area contributed by atoms with Gasteiger partial charge in [-0.3, -0.25) is 9.89 Å². The molecular weight excluding hydrogens is 372 g/mol. The molecule has 6 nitrogen and oxygen atoms in total. The number of benzene rings is 2. The first-order chi connectivity index (χ1) is 13.4. The van der Waals surface area contributed by atoms with E-state index in [1.54, 1.807) is 0 Å². The highest BCUT2D eigenvalue weighted by molar-refractivity contribution is 7.99. The van der Waals surface area contributed by atoms with Crippen molar-refractivity contribution in [1.82, 2.24) is 19.7 Å². The lowest BCUT2D eigenvalue weighted by molar-refractivity contribution is -0.133. The highest BCUT2D eigenvalue weighted by atomic mass is 32.2. The number of nitrogens with one attached hydrogen (secondary N) is 1. The Labute approximate surface area is 166 Å². The summed E-state index contributed by atoms with van der Waals surface area (Å²) >= 11 is 1.10. The normalized spacial score (nSPS) is 11.2. The number of rotatable bonds is 5. The maximum Gasteiger partial charge on any atom is 0.313 e. The van der Waals surface area contributed by atoms with Crippen molar-refractivity contribution in [3.05, 3.63) is 53.7 Å². The number of H-pyrrole nitrogens is 1. The summed E-state index contributed by atoms with van der Waals surface area (Å²) in [6.07, 6.45) is 0. The Morgan fingerprint density at radius 1 is 1.11 bits per heavy atom. The number of thioether (sulfide) groups is 1. The third-order valence-electron chi connectivity index (χ3n) is 4.76. The molecule has 4 aromatic rings. The molecule has 0 fully saturated rings. The van der Waals surface area contributed by atoms with Crippen molar-refractivity contribution >= 4 is 28.6 Å². The number of aromatic amines is 1. The van der Waals surface area contributed by atoms with Gasteiger partial charge in [0.2, 0.25) is 5.16 Å². The fourth-order valence-electron chi connectivity index (χ4n) is 3.32. The summed E-state index contributed by atoms with van der Waals surface area (Å²) in [6.45, 7) is 4.16. The molecule has 0 bridgehead atoms. The van der Waals surface area contributed by atoms with Gasteiger partial charge in [0.1, 0.15) is 0 Å². The molecule has 28 heavy (non-hydrogen) atoms. The van der Waals surface area contributed by atoms with Crippen LogP contribution in [0.5, 0.6) is 0 Å². The third-order valence-corrected chi connectivity index (χ3v) is 5.59. The van der Waals surface area contributed by atoms with Crippen LogP contribution in [0, 0.1) is 13.8 Å². The van der Waals surface area contributed by atoms with Crippen LogP contribution in [0.1, 0.15) is 11.3 Å². The minimum atomic E-state index is -0.888. The molecule has 2 aromatic carbocycles. The molecule has 7 heteroatoms. The second-order valence-electron chi connectivity index (χ2n) is 6.86. The Morgan fingerprint density at radius 2 is 1.89 bits per heavy atom. The van der Waals surface area contributed by atoms with Gasteiger partial charge in [0.05, 0.1) is 5.75 Å². The maximum atomic E-state index is 10.7. The van der Waals surface area contributed by atoms with Gasteiger partial charge in [-0.2, -0.15) is 0 Å². The van der Waals surface area contributed by atoms with Crippen molar-refractivity contribution in [3.63, 3.8) is 0 Å². The first-order valence-corrected chi connectivity index (χ1v) is 9.85. The second kappa shape index (κ2) is 7.16. The van der Waals surface area contributed by atoms with E-state index < -0.39 is 5.97 Å².